The Kier molecular flexibility index (Phi) is 6.64. The van der Waals surface area contributed by atoms with Gasteiger partial charge in [-0.3, -0.25) is 4.79 Å². The highest BCUT2D eigenvalue weighted by atomic mass is 35.5. The van der Waals surface area contributed by atoms with Gasteiger partial charge in [-0.15, -0.1) is 12.4 Å². The molecule has 1 aliphatic carbocycles. The summed E-state index contributed by atoms with van der Waals surface area (Å²) in [6.07, 6.45) is 4.86. The van der Waals surface area contributed by atoms with Gasteiger partial charge in [0.1, 0.15) is 0 Å². The normalized spacial score (nSPS) is 20.4. The number of amides is 1. The van der Waals surface area contributed by atoms with E-state index < -0.39 is 0 Å². The zero-order valence-corrected chi connectivity index (χ0v) is 15.1. The molecule has 2 atom stereocenters. The van der Waals surface area contributed by atoms with Crippen LogP contribution >= 0.6 is 12.4 Å². The van der Waals surface area contributed by atoms with Crippen LogP contribution in [0.4, 0.5) is 0 Å². The largest absolute Gasteiger partial charge is 0.345 e. The summed E-state index contributed by atoms with van der Waals surface area (Å²) in [4.78, 5) is 14.5. The number of nitrogens with zero attached hydrogens (tertiary/aromatic N) is 1. The fraction of sp³-hybridized carbons (Fsp3) is 0.450. The van der Waals surface area contributed by atoms with E-state index >= 15 is 0 Å². The van der Waals surface area contributed by atoms with E-state index in [1.807, 2.05) is 11.9 Å². The number of likely N-dealkylation sites (N-methyl/N-ethyl adjacent to an activating group) is 1. The Labute approximate surface area is 150 Å². The van der Waals surface area contributed by atoms with E-state index in [-0.39, 0.29) is 30.3 Å². The highest BCUT2D eigenvalue weighted by Gasteiger charge is 2.27. The van der Waals surface area contributed by atoms with Crippen molar-refractivity contribution in [3.8, 4) is 0 Å². The van der Waals surface area contributed by atoms with Gasteiger partial charge < -0.3 is 10.6 Å². The number of halogens is 1. The summed E-state index contributed by atoms with van der Waals surface area (Å²) < 4.78 is 0. The molecule has 0 radical (unpaired) electrons. The van der Waals surface area contributed by atoms with Gasteiger partial charge >= 0.3 is 0 Å². The molecule has 0 aliphatic heterocycles. The second kappa shape index (κ2) is 8.50. The molecular weight excluding hydrogens is 320 g/mol. The maximum absolute atomic E-state index is 12.6. The molecule has 0 heterocycles. The van der Waals surface area contributed by atoms with Gasteiger partial charge in [0.05, 0.1) is 0 Å². The number of nitrogens with two attached hydrogens (primary N) is 1. The summed E-state index contributed by atoms with van der Waals surface area (Å²) in [5.41, 5.74) is 7.33. The molecule has 3 rings (SSSR count). The molecule has 2 aromatic carbocycles. The lowest BCUT2D eigenvalue weighted by Gasteiger charge is -2.29. The summed E-state index contributed by atoms with van der Waals surface area (Å²) in [6.45, 7) is 0.762. The predicted octanol–water partition coefficient (Wildman–Crippen LogP) is 3.78. The monoisotopic (exact) mass is 346 g/mol. The van der Waals surface area contributed by atoms with Gasteiger partial charge in [-0.25, -0.2) is 0 Å². The van der Waals surface area contributed by atoms with Crippen LogP contribution in [0.2, 0.25) is 0 Å². The number of benzene rings is 2. The molecule has 0 aromatic heterocycles. The van der Waals surface area contributed by atoms with E-state index in [0.29, 0.717) is 0 Å². The lowest BCUT2D eigenvalue weighted by Crippen LogP contribution is -2.39. The van der Waals surface area contributed by atoms with Crippen molar-refractivity contribution < 1.29 is 4.79 Å². The molecule has 1 amide bonds. The van der Waals surface area contributed by atoms with Gasteiger partial charge in [0.2, 0.25) is 5.91 Å². The Hall–Kier alpha value is -1.58. The van der Waals surface area contributed by atoms with E-state index in [1.54, 1.807) is 0 Å². The molecule has 130 valence electrons. The second-order valence-corrected chi connectivity index (χ2v) is 6.77. The summed E-state index contributed by atoms with van der Waals surface area (Å²) in [5, 5.41) is 2.55. The van der Waals surface area contributed by atoms with Gasteiger partial charge in [0.15, 0.2) is 0 Å². The average Bonchev–Trinajstić information content (AvgIpc) is 2.59. The highest BCUT2D eigenvalue weighted by Crippen LogP contribution is 2.25. The molecule has 3 nitrogen and oxygen atoms in total. The van der Waals surface area contributed by atoms with Crippen LogP contribution in [0.3, 0.4) is 0 Å². The van der Waals surface area contributed by atoms with Gasteiger partial charge in [-0.2, -0.15) is 0 Å². The SMILES string of the molecule is CN(CCc1cccc2ccccc12)C(=O)C1CCCC(N)C1.Cl. The molecule has 0 saturated heterocycles. The van der Waals surface area contributed by atoms with Gasteiger partial charge in [-0.1, -0.05) is 48.9 Å². The highest BCUT2D eigenvalue weighted by molar-refractivity contribution is 5.86. The molecule has 1 aliphatic rings. The molecule has 24 heavy (non-hydrogen) atoms. The van der Waals surface area contributed by atoms with E-state index in [2.05, 4.69) is 42.5 Å². The first-order chi connectivity index (χ1) is 11.1. The van der Waals surface area contributed by atoms with Crippen molar-refractivity contribution in [3.63, 3.8) is 0 Å². The van der Waals surface area contributed by atoms with Crippen molar-refractivity contribution in [3.05, 3.63) is 48.0 Å². The Morgan fingerprint density at radius 3 is 2.71 bits per heavy atom. The minimum atomic E-state index is 0. The fourth-order valence-corrected chi connectivity index (χ4v) is 3.67. The van der Waals surface area contributed by atoms with Crippen LogP contribution in [0.1, 0.15) is 31.2 Å². The first-order valence-corrected chi connectivity index (χ1v) is 8.62. The molecule has 1 fully saturated rings. The van der Waals surface area contributed by atoms with E-state index in [9.17, 15) is 4.79 Å². The number of fused-ring (bicyclic) bond motifs is 1. The summed E-state index contributed by atoms with van der Waals surface area (Å²) in [6, 6.07) is 15.0. The molecule has 1 saturated carbocycles. The van der Waals surface area contributed by atoms with Gasteiger partial charge in [0, 0.05) is 25.6 Å². The van der Waals surface area contributed by atoms with Crippen LogP contribution < -0.4 is 5.73 Å². The van der Waals surface area contributed by atoms with Gasteiger partial charge in [0.25, 0.3) is 0 Å². The van der Waals surface area contributed by atoms with Crippen molar-refractivity contribution in [1.82, 2.24) is 4.90 Å². The van der Waals surface area contributed by atoms with E-state index in [1.165, 1.54) is 16.3 Å². The molecule has 2 N–H and O–H groups in total. The van der Waals surface area contributed by atoms with Crippen molar-refractivity contribution in [2.75, 3.05) is 13.6 Å². The smallest absolute Gasteiger partial charge is 0.225 e. The number of hydrogen-bond acceptors (Lipinski definition) is 2. The number of carbonyl (C=O) groups excluding carboxylic acids is 1. The van der Waals surface area contributed by atoms with Crippen LogP contribution in [0.15, 0.2) is 42.5 Å². The van der Waals surface area contributed by atoms with E-state index in [4.69, 9.17) is 5.73 Å². The first-order valence-electron chi connectivity index (χ1n) is 8.62. The lowest BCUT2D eigenvalue weighted by molar-refractivity contribution is -0.135. The standard InChI is InChI=1S/C20H26N2O.ClH/c1-22(20(23)17-9-5-10-18(21)14-17)13-12-16-8-4-7-15-6-2-3-11-19(15)16;/h2-4,6-8,11,17-18H,5,9-10,12-14,21H2,1H3;1H. The van der Waals surface area contributed by atoms with Crippen molar-refractivity contribution in [1.29, 1.82) is 0 Å². The lowest BCUT2D eigenvalue weighted by atomic mass is 9.85. The molecule has 0 spiro atoms. The maximum atomic E-state index is 12.6. The minimum Gasteiger partial charge on any atom is -0.345 e. The average molecular weight is 347 g/mol. The summed E-state index contributed by atoms with van der Waals surface area (Å²) >= 11 is 0. The third-order valence-corrected chi connectivity index (χ3v) is 5.04. The fourth-order valence-electron chi connectivity index (χ4n) is 3.67. The zero-order valence-electron chi connectivity index (χ0n) is 14.3. The summed E-state index contributed by atoms with van der Waals surface area (Å²) in [7, 11) is 1.92. The maximum Gasteiger partial charge on any atom is 0.225 e. The minimum absolute atomic E-state index is 0. The number of carbonyl (C=O) groups is 1. The Bertz CT molecular complexity index is 683. The van der Waals surface area contributed by atoms with Crippen molar-refractivity contribution in [2.45, 2.75) is 38.1 Å². The van der Waals surface area contributed by atoms with Crippen molar-refractivity contribution in [2.24, 2.45) is 11.7 Å². The van der Waals surface area contributed by atoms with Crippen molar-refractivity contribution >= 4 is 29.1 Å². The van der Waals surface area contributed by atoms with Crippen LogP contribution in [0.5, 0.6) is 0 Å². The topological polar surface area (TPSA) is 46.3 Å². The molecule has 4 heteroatoms. The van der Waals surface area contributed by atoms with Crippen LogP contribution in [0.25, 0.3) is 10.8 Å². The predicted molar refractivity (Wildman–Crippen MR) is 102 cm³/mol. The third-order valence-electron chi connectivity index (χ3n) is 5.04. The van der Waals surface area contributed by atoms with Gasteiger partial charge in [-0.05, 0) is 42.0 Å². The van der Waals surface area contributed by atoms with E-state index in [0.717, 1.165) is 38.6 Å². The molecular formula is C20H27ClN2O. The summed E-state index contributed by atoms with van der Waals surface area (Å²) in [5.74, 6) is 0.386. The van der Waals surface area contributed by atoms with Crippen LogP contribution in [-0.4, -0.2) is 30.4 Å². The Morgan fingerprint density at radius 1 is 1.17 bits per heavy atom. The first kappa shape index (κ1) is 18.8. The Morgan fingerprint density at radius 2 is 1.92 bits per heavy atom. The Balaban J connectivity index is 0.00000208. The number of hydrogen-bond donors (Lipinski definition) is 1. The quantitative estimate of drug-likeness (QED) is 0.915. The second-order valence-electron chi connectivity index (χ2n) is 6.77. The molecule has 2 aromatic rings. The third kappa shape index (κ3) is 4.28. The molecule has 0 bridgehead atoms. The van der Waals surface area contributed by atoms with Crippen LogP contribution in [0, 0.1) is 5.92 Å². The van der Waals surface area contributed by atoms with Crippen LogP contribution in [-0.2, 0) is 11.2 Å². The zero-order chi connectivity index (χ0) is 16.2. The number of rotatable bonds is 4. The molecule has 2 unspecified atom stereocenters.